The fourth-order valence-corrected chi connectivity index (χ4v) is 5.65. The van der Waals surface area contributed by atoms with Crippen LogP contribution in [0.3, 0.4) is 0 Å². The lowest BCUT2D eigenvalue weighted by atomic mass is 9.97. The fourth-order valence-electron chi connectivity index (χ4n) is 4.22. The number of aryl methyl sites for hydroxylation is 1. The van der Waals surface area contributed by atoms with Gasteiger partial charge in [0.15, 0.2) is 11.5 Å². The van der Waals surface area contributed by atoms with Crippen LogP contribution in [0.25, 0.3) is 0 Å². The molecule has 7 nitrogen and oxygen atoms in total. The SMILES string of the molecule is COc1ccc(S(=O)(=O)N(CC(=O)NC(c2ccccc2)c2cccc(C)c2)c2ccc(F)cc2)cc1OC. The molecule has 0 bridgehead atoms. The van der Waals surface area contributed by atoms with Gasteiger partial charge in [-0.15, -0.1) is 0 Å². The summed E-state index contributed by atoms with van der Waals surface area (Å²) in [6, 6.07) is 25.7. The summed E-state index contributed by atoms with van der Waals surface area (Å²) < 4.78 is 52.9. The van der Waals surface area contributed by atoms with Gasteiger partial charge in [0.1, 0.15) is 12.4 Å². The van der Waals surface area contributed by atoms with Crippen molar-refractivity contribution in [1.29, 1.82) is 0 Å². The molecule has 0 radical (unpaired) electrons. The zero-order valence-electron chi connectivity index (χ0n) is 21.8. The van der Waals surface area contributed by atoms with Crippen molar-refractivity contribution < 1.29 is 27.1 Å². The topological polar surface area (TPSA) is 84.9 Å². The molecule has 0 saturated carbocycles. The molecule has 1 amide bonds. The monoisotopic (exact) mass is 548 g/mol. The number of rotatable bonds is 10. The van der Waals surface area contributed by atoms with Crippen molar-refractivity contribution in [1.82, 2.24) is 5.32 Å². The van der Waals surface area contributed by atoms with Crippen LogP contribution in [0.5, 0.6) is 11.5 Å². The first-order valence-electron chi connectivity index (χ1n) is 12.1. The molecular formula is C30H29FN2O5S. The summed E-state index contributed by atoms with van der Waals surface area (Å²) in [6.45, 7) is 1.41. The highest BCUT2D eigenvalue weighted by molar-refractivity contribution is 7.92. The number of anilines is 1. The molecule has 0 aliphatic heterocycles. The molecule has 1 atom stereocenters. The summed E-state index contributed by atoms with van der Waals surface area (Å²) in [5.41, 5.74) is 2.85. The first-order valence-corrected chi connectivity index (χ1v) is 13.6. The van der Waals surface area contributed by atoms with E-state index >= 15 is 0 Å². The van der Waals surface area contributed by atoms with E-state index in [1.165, 1.54) is 44.6 Å². The summed E-state index contributed by atoms with van der Waals surface area (Å²) in [5, 5.41) is 2.99. The van der Waals surface area contributed by atoms with Gasteiger partial charge in [-0.1, -0.05) is 60.2 Å². The largest absolute Gasteiger partial charge is 0.493 e. The maximum atomic E-state index is 13.8. The van der Waals surface area contributed by atoms with Gasteiger partial charge >= 0.3 is 0 Å². The molecule has 0 aromatic heterocycles. The third-order valence-electron chi connectivity index (χ3n) is 6.16. The van der Waals surface area contributed by atoms with Crippen LogP contribution in [-0.2, 0) is 14.8 Å². The van der Waals surface area contributed by atoms with Crippen LogP contribution in [0.4, 0.5) is 10.1 Å². The number of halogens is 1. The first kappa shape index (κ1) is 27.7. The molecule has 9 heteroatoms. The van der Waals surface area contributed by atoms with E-state index in [-0.39, 0.29) is 16.3 Å². The van der Waals surface area contributed by atoms with Gasteiger partial charge < -0.3 is 14.8 Å². The minimum atomic E-state index is -4.28. The number of hydrogen-bond acceptors (Lipinski definition) is 5. The van der Waals surface area contributed by atoms with Crippen LogP contribution in [-0.4, -0.2) is 35.1 Å². The number of benzene rings is 4. The van der Waals surface area contributed by atoms with Gasteiger partial charge in [0.25, 0.3) is 10.0 Å². The molecule has 4 aromatic rings. The summed E-state index contributed by atoms with van der Waals surface area (Å²) in [5.74, 6) is -0.508. The smallest absolute Gasteiger partial charge is 0.264 e. The molecule has 0 heterocycles. The third-order valence-corrected chi connectivity index (χ3v) is 7.93. The lowest BCUT2D eigenvalue weighted by Crippen LogP contribution is -2.42. The van der Waals surface area contributed by atoms with E-state index in [0.29, 0.717) is 5.75 Å². The highest BCUT2D eigenvalue weighted by atomic mass is 32.2. The molecule has 0 aliphatic carbocycles. The number of ether oxygens (including phenoxy) is 2. The van der Waals surface area contributed by atoms with E-state index in [0.717, 1.165) is 33.1 Å². The van der Waals surface area contributed by atoms with Crippen LogP contribution >= 0.6 is 0 Å². The predicted octanol–water partition coefficient (Wildman–Crippen LogP) is 5.25. The number of nitrogens with zero attached hydrogens (tertiary/aromatic N) is 1. The molecule has 202 valence electrons. The lowest BCUT2D eigenvalue weighted by Gasteiger charge is -2.26. The first-order chi connectivity index (χ1) is 18.7. The molecule has 0 aliphatic rings. The van der Waals surface area contributed by atoms with Crippen molar-refractivity contribution in [3.05, 3.63) is 120 Å². The number of carbonyl (C=O) groups is 1. The number of hydrogen-bond donors (Lipinski definition) is 1. The Morgan fingerprint density at radius 3 is 2.15 bits per heavy atom. The van der Waals surface area contributed by atoms with Crippen LogP contribution in [0.2, 0.25) is 0 Å². The van der Waals surface area contributed by atoms with Gasteiger partial charge in [0.05, 0.1) is 30.8 Å². The highest BCUT2D eigenvalue weighted by Crippen LogP contribution is 2.32. The zero-order chi connectivity index (χ0) is 28.0. The molecular weight excluding hydrogens is 519 g/mol. The van der Waals surface area contributed by atoms with Gasteiger partial charge in [0, 0.05) is 6.07 Å². The Hall–Kier alpha value is -4.37. The molecule has 0 spiro atoms. The quantitative estimate of drug-likeness (QED) is 0.293. The van der Waals surface area contributed by atoms with Gasteiger partial charge in [0.2, 0.25) is 5.91 Å². The summed E-state index contributed by atoms with van der Waals surface area (Å²) in [6.07, 6.45) is 0. The van der Waals surface area contributed by atoms with E-state index in [9.17, 15) is 17.6 Å². The number of amides is 1. The standard InChI is InChI=1S/C30H29FN2O5S/c1-21-8-7-11-23(18-21)30(22-9-5-4-6-10-22)32-29(34)20-33(25-14-12-24(31)13-15-25)39(35,36)26-16-17-27(37-2)28(19-26)38-3/h4-19,30H,20H2,1-3H3,(H,32,34). The fraction of sp³-hybridized carbons (Fsp3) is 0.167. The van der Waals surface area contributed by atoms with Crippen LogP contribution in [0.1, 0.15) is 22.7 Å². The van der Waals surface area contributed by atoms with Crippen molar-refractivity contribution in [2.75, 3.05) is 25.1 Å². The number of nitrogens with one attached hydrogen (secondary N) is 1. The van der Waals surface area contributed by atoms with E-state index in [4.69, 9.17) is 9.47 Å². The molecule has 4 rings (SSSR count). The van der Waals surface area contributed by atoms with Crippen molar-refractivity contribution in [3.8, 4) is 11.5 Å². The van der Waals surface area contributed by atoms with Gasteiger partial charge in [-0.05, 0) is 54.4 Å². The maximum Gasteiger partial charge on any atom is 0.264 e. The molecule has 1 N–H and O–H groups in total. The average Bonchev–Trinajstić information content (AvgIpc) is 2.95. The Balaban J connectivity index is 1.71. The van der Waals surface area contributed by atoms with E-state index in [2.05, 4.69) is 5.32 Å². The van der Waals surface area contributed by atoms with Crippen molar-refractivity contribution in [2.24, 2.45) is 0 Å². The highest BCUT2D eigenvalue weighted by Gasteiger charge is 2.29. The molecule has 4 aromatic carbocycles. The Kier molecular flexibility index (Phi) is 8.51. The van der Waals surface area contributed by atoms with Gasteiger partial charge in [-0.25, -0.2) is 12.8 Å². The molecule has 0 fully saturated rings. The molecule has 39 heavy (non-hydrogen) atoms. The summed E-state index contributed by atoms with van der Waals surface area (Å²) in [4.78, 5) is 13.4. The van der Waals surface area contributed by atoms with Crippen LogP contribution in [0.15, 0.2) is 102 Å². The minimum Gasteiger partial charge on any atom is -0.493 e. The third kappa shape index (κ3) is 6.38. The Morgan fingerprint density at radius 2 is 1.51 bits per heavy atom. The predicted molar refractivity (Wildman–Crippen MR) is 148 cm³/mol. The van der Waals surface area contributed by atoms with E-state index in [1.807, 2.05) is 61.5 Å². The summed E-state index contributed by atoms with van der Waals surface area (Å²) in [7, 11) is -1.44. The number of sulfonamides is 1. The van der Waals surface area contributed by atoms with Gasteiger partial charge in [-0.2, -0.15) is 0 Å². The minimum absolute atomic E-state index is 0.115. The summed E-state index contributed by atoms with van der Waals surface area (Å²) >= 11 is 0. The second-order valence-electron chi connectivity index (χ2n) is 8.83. The van der Waals surface area contributed by atoms with E-state index < -0.39 is 34.3 Å². The Morgan fingerprint density at radius 1 is 0.846 bits per heavy atom. The van der Waals surface area contributed by atoms with Crippen molar-refractivity contribution in [3.63, 3.8) is 0 Å². The zero-order valence-corrected chi connectivity index (χ0v) is 22.6. The van der Waals surface area contributed by atoms with Crippen LogP contribution in [0, 0.1) is 12.7 Å². The van der Waals surface area contributed by atoms with Crippen LogP contribution < -0.4 is 19.1 Å². The Labute approximate surface area is 227 Å². The van der Waals surface area contributed by atoms with Crippen molar-refractivity contribution >= 4 is 21.6 Å². The molecule has 0 saturated heterocycles. The Bertz CT molecular complexity index is 1540. The maximum absolute atomic E-state index is 13.8. The second kappa shape index (κ2) is 12.0. The molecule has 1 unspecified atom stereocenters. The lowest BCUT2D eigenvalue weighted by molar-refractivity contribution is -0.120. The van der Waals surface area contributed by atoms with Crippen molar-refractivity contribution in [2.45, 2.75) is 17.9 Å². The normalized spacial score (nSPS) is 11.9. The average molecular weight is 549 g/mol. The number of methoxy groups -OCH3 is 2. The van der Waals surface area contributed by atoms with Gasteiger partial charge in [-0.3, -0.25) is 9.10 Å². The van der Waals surface area contributed by atoms with E-state index in [1.54, 1.807) is 0 Å². The second-order valence-corrected chi connectivity index (χ2v) is 10.7. The number of carbonyl (C=O) groups excluding carboxylic acids is 1.